The zero-order valence-electron chi connectivity index (χ0n) is 10.6. The minimum Gasteiger partial charge on any atom is -0.454 e. The summed E-state index contributed by atoms with van der Waals surface area (Å²) >= 11 is 1.63. The summed E-state index contributed by atoms with van der Waals surface area (Å²) in [7, 11) is 0. The molecule has 0 fully saturated rings. The zero-order chi connectivity index (χ0) is 13.2. The predicted molar refractivity (Wildman–Crippen MR) is 73.6 cm³/mol. The van der Waals surface area contributed by atoms with Gasteiger partial charge in [0.25, 0.3) is 0 Å². The molecule has 0 amide bonds. The van der Waals surface area contributed by atoms with Crippen molar-refractivity contribution in [1.82, 2.24) is 4.98 Å². The maximum atomic E-state index is 9.07. The molecule has 1 aliphatic rings. The molecular formula is C14H15NO3S. The van der Waals surface area contributed by atoms with Gasteiger partial charge in [-0.05, 0) is 24.1 Å². The summed E-state index contributed by atoms with van der Waals surface area (Å²) in [4.78, 5) is 4.60. The van der Waals surface area contributed by atoms with E-state index >= 15 is 0 Å². The van der Waals surface area contributed by atoms with Gasteiger partial charge in [0.2, 0.25) is 6.79 Å². The quantitative estimate of drug-likeness (QED) is 0.933. The fourth-order valence-corrected chi connectivity index (χ4v) is 2.92. The van der Waals surface area contributed by atoms with E-state index in [1.54, 1.807) is 11.3 Å². The van der Waals surface area contributed by atoms with Gasteiger partial charge in [0, 0.05) is 24.0 Å². The predicted octanol–water partition coefficient (Wildman–Crippen LogP) is 2.71. The number of nitrogens with zero attached hydrogens (tertiary/aromatic N) is 1. The number of rotatable bonds is 4. The van der Waals surface area contributed by atoms with Crippen molar-refractivity contribution in [3.8, 4) is 22.8 Å². The van der Waals surface area contributed by atoms with Crippen LogP contribution >= 0.6 is 11.3 Å². The Morgan fingerprint density at radius 2 is 2.21 bits per heavy atom. The van der Waals surface area contributed by atoms with Gasteiger partial charge >= 0.3 is 0 Å². The van der Waals surface area contributed by atoms with E-state index in [-0.39, 0.29) is 19.3 Å². The lowest BCUT2D eigenvalue weighted by Gasteiger charge is -2.03. The first kappa shape index (κ1) is 12.4. The monoisotopic (exact) mass is 277 g/mol. The second-order valence-corrected chi connectivity index (χ2v) is 5.63. The Hall–Kier alpha value is -1.59. The summed E-state index contributed by atoms with van der Waals surface area (Å²) < 4.78 is 10.7. The number of aromatic nitrogens is 1. The summed E-state index contributed by atoms with van der Waals surface area (Å²) in [5, 5.41) is 12.2. The SMILES string of the molecule is CC(CO)Cc1nc(-c2ccc3c(c2)OCO3)cs1. The highest BCUT2D eigenvalue weighted by Crippen LogP contribution is 2.36. The van der Waals surface area contributed by atoms with Crippen LogP contribution in [0, 0.1) is 5.92 Å². The van der Waals surface area contributed by atoms with Gasteiger partial charge in [-0.1, -0.05) is 6.92 Å². The second-order valence-electron chi connectivity index (χ2n) is 4.69. The van der Waals surface area contributed by atoms with Crippen molar-refractivity contribution < 1.29 is 14.6 Å². The van der Waals surface area contributed by atoms with Crippen LogP contribution in [0.15, 0.2) is 23.6 Å². The van der Waals surface area contributed by atoms with E-state index < -0.39 is 0 Å². The van der Waals surface area contributed by atoms with Crippen molar-refractivity contribution in [2.45, 2.75) is 13.3 Å². The molecule has 4 nitrogen and oxygen atoms in total. The highest BCUT2D eigenvalue weighted by molar-refractivity contribution is 7.09. The second kappa shape index (κ2) is 5.19. The van der Waals surface area contributed by atoms with Gasteiger partial charge in [0.05, 0.1) is 10.7 Å². The topological polar surface area (TPSA) is 51.6 Å². The molecule has 1 N–H and O–H groups in total. The van der Waals surface area contributed by atoms with Gasteiger partial charge in [-0.3, -0.25) is 0 Å². The summed E-state index contributed by atoms with van der Waals surface area (Å²) in [6, 6.07) is 5.85. The van der Waals surface area contributed by atoms with Gasteiger partial charge in [-0.15, -0.1) is 11.3 Å². The van der Waals surface area contributed by atoms with E-state index in [1.165, 1.54) is 0 Å². The Bertz CT molecular complexity index is 582. The molecule has 3 rings (SSSR count). The normalized spacial score (nSPS) is 14.6. The minimum absolute atomic E-state index is 0.193. The van der Waals surface area contributed by atoms with E-state index in [0.717, 1.165) is 34.2 Å². The number of aliphatic hydroxyl groups is 1. The number of benzene rings is 1. The molecule has 5 heteroatoms. The highest BCUT2D eigenvalue weighted by Gasteiger charge is 2.15. The molecule has 0 bridgehead atoms. The third-order valence-electron chi connectivity index (χ3n) is 3.05. The van der Waals surface area contributed by atoms with Crippen molar-refractivity contribution in [1.29, 1.82) is 0 Å². The van der Waals surface area contributed by atoms with Crippen molar-refractivity contribution in [3.05, 3.63) is 28.6 Å². The number of aliphatic hydroxyl groups excluding tert-OH is 1. The van der Waals surface area contributed by atoms with Gasteiger partial charge in [0.1, 0.15) is 0 Å². The minimum atomic E-state index is 0.193. The first-order chi connectivity index (χ1) is 9.26. The van der Waals surface area contributed by atoms with Crippen LogP contribution < -0.4 is 9.47 Å². The number of hydrogen-bond acceptors (Lipinski definition) is 5. The Balaban J connectivity index is 1.82. The van der Waals surface area contributed by atoms with Crippen LogP contribution in [0.25, 0.3) is 11.3 Å². The average molecular weight is 277 g/mol. The molecule has 1 aromatic heterocycles. The average Bonchev–Trinajstić information content (AvgIpc) is 3.05. The molecule has 0 radical (unpaired) electrons. The van der Waals surface area contributed by atoms with Crippen LogP contribution in [0.1, 0.15) is 11.9 Å². The molecule has 1 aliphatic heterocycles. The first-order valence-corrected chi connectivity index (χ1v) is 7.09. The lowest BCUT2D eigenvalue weighted by atomic mass is 10.1. The Morgan fingerprint density at radius 3 is 3.05 bits per heavy atom. The number of hydrogen-bond donors (Lipinski definition) is 1. The molecule has 2 aromatic rings. The molecule has 1 unspecified atom stereocenters. The molecule has 1 aromatic carbocycles. The van der Waals surface area contributed by atoms with E-state index in [2.05, 4.69) is 4.98 Å². The molecule has 0 saturated heterocycles. The summed E-state index contributed by atoms with van der Waals surface area (Å²) in [5.74, 6) is 1.81. The van der Waals surface area contributed by atoms with Gasteiger partial charge in [-0.25, -0.2) is 4.98 Å². The fraction of sp³-hybridized carbons (Fsp3) is 0.357. The summed E-state index contributed by atoms with van der Waals surface area (Å²) in [6.45, 7) is 2.50. The van der Waals surface area contributed by atoms with E-state index in [1.807, 2.05) is 30.5 Å². The lowest BCUT2D eigenvalue weighted by molar-refractivity contribution is 0.174. The third-order valence-corrected chi connectivity index (χ3v) is 3.93. The maximum absolute atomic E-state index is 9.07. The van der Waals surface area contributed by atoms with Crippen LogP contribution in [0.4, 0.5) is 0 Å². The Labute approximate surface area is 115 Å². The van der Waals surface area contributed by atoms with Gasteiger partial charge in [-0.2, -0.15) is 0 Å². The number of fused-ring (bicyclic) bond motifs is 1. The fourth-order valence-electron chi connectivity index (χ4n) is 1.96. The lowest BCUT2D eigenvalue weighted by Crippen LogP contribution is -2.03. The van der Waals surface area contributed by atoms with Crippen LogP contribution in [0.3, 0.4) is 0 Å². The number of thiazole rings is 1. The Morgan fingerprint density at radius 1 is 1.37 bits per heavy atom. The first-order valence-electron chi connectivity index (χ1n) is 6.21. The van der Waals surface area contributed by atoms with Crippen LogP contribution in [-0.2, 0) is 6.42 Å². The maximum Gasteiger partial charge on any atom is 0.231 e. The van der Waals surface area contributed by atoms with Gasteiger partial charge in [0.15, 0.2) is 11.5 Å². The van der Waals surface area contributed by atoms with Crippen molar-refractivity contribution >= 4 is 11.3 Å². The van der Waals surface area contributed by atoms with Crippen LogP contribution in [0.5, 0.6) is 11.5 Å². The van der Waals surface area contributed by atoms with Crippen LogP contribution in [0.2, 0.25) is 0 Å². The zero-order valence-corrected chi connectivity index (χ0v) is 11.4. The molecule has 0 spiro atoms. The standard InChI is InChI=1S/C14H15NO3S/c1-9(6-16)4-14-15-11(7-19-14)10-2-3-12-13(5-10)18-8-17-12/h2-3,5,7,9,16H,4,6,8H2,1H3. The number of ether oxygens (including phenoxy) is 2. The van der Waals surface area contributed by atoms with Crippen LogP contribution in [-0.4, -0.2) is 23.5 Å². The highest BCUT2D eigenvalue weighted by atomic mass is 32.1. The van der Waals surface area contributed by atoms with Gasteiger partial charge < -0.3 is 14.6 Å². The van der Waals surface area contributed by atoms with Crippen molar-refractivity contribution in [2.24, 2.45) is 5.92 Å². The molecule has 100 valence electrons. The third kappa shape index (κ3) is 2.57. The molecule has 0 saturated carbocycles. The molecule has 1 atom stereocenters. The molecule has 0 aliphatic carbocycles. The largest absolute Gasteiger partial charge is 0.454 e. The van der Waals surface area contributed by atoms with Crippen molar-refractivity contribution in [2.75, 3.05) is 13.4 Å². The molecule has 2 heterocycles. The van der Waals surface area contributed by atoms with Crippen molar-refractivity contribution in [3.63, 3.8) is 0 Å². The summed E-state index contributed by atoms with van der Waals surface area (Å²) in [6.07, 6.45) is 0.811. The smallest absolute Gasteiger partial charge is 0.231 e. The molecular weight excluding hydrogens is 262 g/mol. The van der Waals surface area contributed by atoms with E-state index in [4.69, 9.17) is 14.6 Å². The molecule has 19 heavy (non-hydrogen) atoms. The Kier molecular flexibility index (Phi) is 3.40. The van der Waals surface area contributed by atoms with E-state index in [9.17, 15) is 0 Å². The van der Waals surface area contributed by atoms with E-state index in [0.29, 0.717) is 0 Å². The summed E-state index contributed by atoms with van der Waals surface area (Å²) in [5.41, 5.74) is 1.98.